The van der Waals surface area contributed by atoms with Crippen LogP contribution in [0.1, 0.15) is 18.4 Å². The lowest BCUT2D eigenvalue weighted by molar-refractivity contribution is -0.124. The first kappa shape index (κ1) is 12.3. The molecule has 0 N–H and O–H groups in total. The Kier molecular flexibility index (Phi) is 2.52. The van der Waals surface area contributed by atoms with E-state index in [0.29, 0.717) is 11.3 Å². The van der Waals surface area contributed by atoms with Crippen LogP contribution in [-0.2, 0) is 9.59 Å². The summed E-state index contributed by atoms with van der Waals surface area (Å²) in [6.45, 7) is 0. The molecule has 0 radical (unpaired) electrons. The first-order valence-electron chi connectivity index (χ1n) is 7.27. The Labute approximate surface area is 122 Å². The number of benzene rings is 1. The molecular formula is C17H14N2O2. The van der Waals surface area contributed by atoms with E-state index in [2.05, 4.69) is 18.2 Å². The number of imide groups is 1. The van der Waals surface area contributed by atoms with Crippen molar-refractivity contribution in [2.45, 2.75) is 12.8 Å². The zero-order valence-corrected chi connectivity index (χ0v) is 11.4. The molecular weight excluding hydrogens is 264 g/mol. The highest BCUT2D eigenvalue weighted by atomic mass is 16.2. The molecule has 5 rings (SSSR count). The number of nitrogens with zero attached hydrogens (tertiary/aromatic N) is 2. The van der Waals surface area contributed by atoms with Crippen LogP contribution in [0.5, 0.6) is 0 Å². The van der Waals surface area contributed by atoms with Gasteiger partial charge in [0.05, 0.1) is 23.1 Å². The Bertz CT molecular complexity index is 684. The number of allylic oxidation sites excluding steroid dienone is 2. The summed E-state index contributed by atoms with van der Waals surface area (Å²) in [6, 6.07) is 8.89. The first-order chi connectivity index (χ1) is 10.2. The minimum absolute atomic E-state index is 0.133. The number of hydrogen-bond acceptors (Lipinski definition) is 3. The van der Waals surface area contributed by atoms with Crippen LogP contribution in [0.2, 0.25) is 0 Å². The number of carbonyl (C=O) groups is 2. The average molecular weight is 278 g/mol. The highest BCUT2D eigenvalue weighted by molar-refractivity contribution is 6.23. The maximum absolute atomic E-state index is 12.8. The van der Waals surface area contributed by atoms with Crippen LogP contribution in [0.15, 0.2) is 36.4 Å². The third kappa shape index (κ3) is 1.55. The summed E-state index contributed by atoms with van der Waals surface area (Å²) in [5, 5.41) is 9.21. The van der Waals surface area contributed by atoms with Crippen molar-refractivity contribution in [3.05, 3.63) is 42.0 Å². The number of anilines is 1. The van der Waals surface area contributed by atoms with E-state index in [9.17, 15) is 14.9 Å². The van der Waals surface area contributed by atoms with E-state index >= 15 is 0 Å². The number of carbonyl (C=O) groups excluding carboxylic acids is 2. The van der Waals surface area contributed by atoms with Crippen LogP contribution in [0, 0.1) is 35.0 Å². The number of para-hydroxylation sites is 1. The largest absolute Gasteiger partial charge is 0.274 e. The van der Waals surface area contributed by atoms with E-state index in [1.165, 1.54) is 4.90 Å². The zero-order valence-electron chi connectivity index (χ0n) is 11.4. The molecule has 1 aromatic rings. The second-order valence-electron chi connectivity index (χ2n) is 5.98. The standard InChI is InChI=1S/C17H14N2O2/c18-9-12-3-1-2-4-13(12)19-16(20)14-10-5-6-11(8-7-10)15(14)17(19)21/h1-6,10-11,14-15H,7-8H2/t10-,11-,14-,15+/m0/s1. The van der Waals surface area contributed by atoms with Crippen LogP contribution < -0.4 is 4.90 Å². The molecule has 4 aliphatic rings. The van der Waals surface area contributed by atoms with Crippen LogP contribution >= 0.6 is 0 Å². The SMILES string of the molecule is N#Cc1ccccc1N1C(=O)[C@@H]2[C@H](C1=O)[C@H]1C=C[C@H]2CC1. The Balaban J connectivity index is 1.81. The topological polar surface area (TPSA) is 61.2 Å². The van der Waals surface area contributed by atoms with Gasteiger partial charge in [0.25, 0.3) is 0 Å². The van der Waals surface area contributed by atoms with Crippen molar-refractivity contribution in [3.63, 3.8) is 0 Å². The van der Waals surface area contributed by atoms with Gasteiger partial charge >= 0.3 is 0 Å². The molecule has 1 aliphatic heterocycles. The normalized spacial score (nSPS) is 33.2. The van der Waals surface area contributed by atoms with Crippen LogP contribution in [0.4, 0.5) is 5.69 Å². The van der Waals surface area contributed by atoms with Crippen molar-refractivity contribution in [1.29, 1.82) is 5.26 Å². The number of amides is 2. The molecule has 0 aromatic heterocycles. The molecule has 4 atom stereocenters. The summed E-state index contributed by atoms with van der Waals surface area (Å²) in [5.41, 5.74) is 0.807. The molecule has 2 fully saturated rings. The van der Waals surface area contributed by atoms with Crippen molar-refractivity contribution in [2.24, 2.45) is 23.7 Å². The summed E-state index contributed by atoms with van der Waals surface area (Å²) in [6.07, 6.45) is 6.16. The zero-order chi connectivity index (χ0) is 14.6. The van der Waals surface area contributed by atoms with Gasteiger partial charge in [-0.3, -0.25) is 9.59 Å². The van der Waals surface area contributed by atoms with Gasteiger partial charge in [0.15, 0.2) is 0 Å². The molecule has 2 amide bonds. The fourth-order valence-electron chi connectivity index (χ4n) is 4.07. The molecule has 4 nitrogen and oxygen atoms in total. The van der Waals surface area contributed by atoms with Crippen molar-refractivity contribution in [3.8, 4) is 6.07 Å². The minimum atomic E-state index is -0.229. The lowest BCUT2D eigenvalue weighted by Crippen LogP contribution is -2.38. The van der Waals surface area contributed by atoms with Gasteiger partial charge in [-0.2, -0.15) is 5.26 Å². The fraction of sp³-hybridized carbons (Fsp3) is 0.353. The highest BCUT2D eigenvalue weighted by Crippen LogP contribution is 2.50. The van der Waals surface area contributed by atoms with Crippen molar-refractivity contribution in [2.75, 3.05) is 4.90 Å². The van der Waals surface area contributed by atoms with Gasteiger partial charge < -0.3 is 0 Å². The van der Waals surface area contributed by atoms with Gasteiger partial charge in [-0.05, 0) is 36.8 Å². The van der Waals surface area contributed by atoms with Gasteiger partial charge in [-0.25, -0.2) is 4.90 Å². The monoisotopic (exact) mass is 278 g/mol. The molecule has 1 saturated heterocycles. The number of hydrogen-bond donors (Lipinski definition) is 0. The molecule has 0 spiro atoms. The number of nitriles is 1. The predicted molar refractivity (Wildman–Crippen MR) is 76.0 cm³/mol. The van der Waals surface area contributed by atoms with Crippen molar-refractivity contribution < 1.29 is 9.59 Å². The lowest BCUT2D eigenvalue weighted by atomic mass is 9.63. The van der Waals surface area contributed by atoms with E-state index < -0.39 is 0 Å². The Morgan fingerprint density at radius 3 is 2.10 bits per heavy atom. The Morgan fingerprint density at radius 1 is 1.00 bits per heavy atom. The lowest BCUT2D eigenvalue weighted by Gasteiger charge is -2.38. The molecule has 2 bridgehead atoms. The second kappa shape index (κ2) is 4.29. The molecule has 0 unspecified atom stereocenters. The van der Waals surface area contributed by atoms with Gasteiger partial charge in [0.1, 0.15) is 6.07 Å². The highest BCUT2D eigenvalue weighted by Gasteiger charge is 2.57. The maximum atomic E-state index is 12.8. The number of rotatable bonds is 1. The van der Waals surface area contributed by atoms with Gasteiger partial charge in [-0.1, -0.05) is 24.3 Å². The Hall–Kier alpha value is -2.41. The third-order valence-corrected chi connectivity index (χ3v) is 5.02. The quantitative estimate of drug-likeness (QED) is 0.584. The summed E-state index contributed by atoms with van der Waals surface area (Å²) < 4.78 is 0. The number of fused-ring (bicyclic) bond motifs is 1. The molecule has 1 heterocycles. The molecule has 1 saturated carbocycles. The molecule has 21 heavy (non-hydrogen) atoms. The van der Waals surface area contributed by atoms with Gasteiger partial charge in [-0.15, -0.1) is 0 Å². The summed E-state index contributed by atoms with van der Waals surface area (Å²) in [5.74, 6) is -0.370. The second-order valence-corrected chi connectivity index (χ2v) is 5.98. The fourth-order valence-corrected chi connectivity index (χ4v) is 4.07. The predicted octanol–water partition coefficient (Wildman–Crippen LogP) is 2.26. The Morgan fingerprint density at radius 2 is 1.57 bits per heavy atom. The van der Waals surface area contributed by atoms with Crippen molar-refractivity contribution in [1.82, 2.24) is 0 Å². The molecule has 104 valence electrons. The summed E-state index contributed by atoms with van der Waals surface area (Å²) in [7, 11) is 0. The first-order valence-corrected chi connectivity index (χ1v) is 7.27. The summed E-state index contributed by atoms with van der Waals surface area (Å²) >= 11 is 0. The van der Waals surface area contributed by atoms with E-state index in [4.69, 9.17) is 0 Å². The van der Waals surface area contributed by atoms with E-state index in [1.807, 2.05) is 0 Å². The average Bonchev–Trinajstić information content (AvgIpc) is 2.82. The van der Waals surface area contributed by atoms with E-state index in [0.717, 1.165) is 12.8 Å². The van der Waals surface area contributed by atoms with Crippen LogP contribution in [0.25, 0.3) is 0 Å². The van der Waals surface area contributed by atoms with E-state index in [-0.39, 0.29) is 35.5 Å². The summed E-state index contributed by atoms with van der Waals surface area (Å²) in [4.78, 5) is 26.8. The molecule has 3 aliphatic carbocycles. The minimum Gasteiger partial charge on any atom is -0.274 e. The van der Waals surface area contributed by atoms with Gasteiger partial charge in [0, 0.05) is 0 Å². The van der Waals surface area contributed by atoms with Crippen molar-refractivity contribution >= 4 is 17.5 Å². The molecule has 4 heteroatoms. The third-order valence-electron chi connectivity index (χ3n) is 5.02. The van der Waals surface area contributed by atoms with Gasteiger partial charge in [0.2, 0.25) is 11.8 Å². The molecule has 1 aromatic carbocycles. The van der Waals surface area contributed by atoms with E-state index in [1.54, 1.807) is 24.3 Å². The van der Waals surface area contributed by atoms with Crippen LogP contribution in [-0.4, -0.2) is 11.8 Å². The maximum Gasteiger partial charge on any atom is 0.238 e. The van der Waals surface area contributed by atoms with Crippen LogP contribution in [0.3, 0.4) is 0 Å². The smallest absolute Gasteiger partial charge is 0.238 e.